The molecule has 0 atom stereocenters. The first-order chi connectivity index (χ1) is 9.80. The number of rotatable bonds is 8. The minimum absolute atomic E-state index is 0.362. The Balaban J connectivity index is 3.05. The molecule has 0 aromatic heterocycles. The van der Waals surface area contributed by atoms with E-state index in [1.807, 2.05) is 19.1 Å². The number of sulfonamides is 1. The van der Waals surface area contributed by atoms with Crippen molar-refractivity contribution in [2.45, 2.75) is 31.7 Å². The lowest BCUT2D eigenvalue weighted by atomic mass is 10.2. The second-order valence-electron chi connectivity index (χ2n) is 5.44. The molecule has 1 aromatic rings. The predicted octanol–water partition coefficient (Wildman–Crippen LogP) is 1.76. The molecule has 0 heterocycles. The first-order valence-corrected chi connectivity index (χ1v) is 8.74. The molecule has 5 nitrogen and oxygen atoms in total. The third-order valence-corrected chi connectivity index (χ3v) is 5.14. The Hall–Kier alpha value is -1.11. The van der Waals surface area contributed by atoms with Gasteiger partial charge >= 0.3 is 0 Å². The third-order valence-electron chi connectivity index (χ3n) is 3.28. The molecular formula is C15H27N3O2S. The summed E-state index contributed by atoms with van der Waals surface area (Å²) < 4.78 is 26.1. The quantitative estimate of drug-likeness (QED) is 0.794. The van der Waals surface area contributed by atoms with Crippen molar-refractivity contribution in [3.05, 3.63) is 24.3 Å². The van der Waals surface area contributed by atoms with Gasteiger partial charge in [0.1, 0.15) is 4.90 Å². The van der Waals surface area contributed by atoms with E-state index < -0.39 is 10.0 Å². The molecule has 21 heavy (non-hydrogen) atoms. The minimum Gasteiger partial charge on any atom is -0.369 e. The Labute approximate surface area is 129 Å². The van der Waals surface area contributed by atoms with Gasteiger partial charge in [-0.15, -0.1) is 0 Å². The lowest BCUT2D eigenvalue weighted by Gasteiger charge is -2.27. The van der Waals surface area contributed by atoms with E-state index in [0.717, 1.165) is 25.3 Å². The monoisotopic (exact) mass is 313 g/mol. The Morgan fingerprint density at radius 3 is 2.33 bits per heavy atom. The van der Waals surface area contributed by atoms with E-state index in [4.69, 9.17) is 0 Å². The van der Waals surface area contributed by atoms with Crippen molar-refractivity contribution < 1.29 is 8.42 Å². The van der Waals surface area contributed by atoms with E-state index in [0.29, 0.717) is 10.9 Å². The molecule has 0 aliphatic rings. The molecule has 0 unspecified atom stereocenters. The van der Waals surface area contributed by atoms with Gasteiger partial charge in [0.2, 0.25) is 10.0 Å². The van der Waals surface area contributed by atoms with Crippen molar-refractivity contribution in [3.63, 3.8) is 0 Å². The highest BCUT2D eigenvalue weighted by Crippen LogP contribution is 2.26. The first kappa shape index (κ1) is 17.9. The predicted molar refractivity (Wildman–Crippen MR) is 88.3 cm³/mol. The summed E-state index contributed by atoms with van der Waals surface area (Å²) in [5, 5.41) is 3.36. The molecule has 120 valence electrons. The highest BCUT2D eigenvalue weighted by atomic mass is 32.2. The van der Waals surface area contributed by atoms with Crippen molar-refractivity contribution in [1.29, 1.82) is 0 Å². The fraction of sp³-hybridized carbons (Fsp3) is 0.600. The van der Waals surface area contributed by atoms with Crippen molar-refractivity contribution in [1.82, 2.24) is 9.62 Å². The molecular weight excluding hydrogens is 286 g/mol. The van der Waals surface area contributed by atoms with Gasteiger partial charge in [-0.2, -0.15) is 0 Å². The Morgan fingerprint density at radius 1 is 1.19 bits per heavy atom. The van der Waals surface area contributed by atoms with Crippen LogP contribution in [0.5, 0.6) is 0 Å². The largest absolute Gasteiger partial charge is 0.369 e. The normalized spacial score (nSPS) is 12.1. The van der Waals surface area contributed by atoms with Crippen LogP contribution >= 0.6 is 0 Å². The van der Waals surface area contributed by atoms with Crippen molar-refractivity contribution in [3.8, 4) is 0 Å². The van der Waals surface area contributed by atoms with Gasteiger partial charge in [-0.25, -0.2) is 12.7 Å². The Kier molecular flexibility index (Phi) is 6.64. The van der Waals surface area contributed by atoms with Crippen molar-refractivity contribution in [2.75, 3.05) is 38.6 Å². The van der Waals surface area contributed by atoms with E-state index in [2.05, 4.69) is 24.1 Å². The lowest BCUT2D eigenvalue weighted by molar-refractivity contribution is 0.520. The van der Waals surface area contributed by atoms with Gasteiger partial charge in [-0.3, -0.25) is 0 Å². The second-order valence-corrected chi connectivity index (χ2v) is 7.56. The van der Waals surface area contributed by atoms with Crippen molar-refractivity contribution >= 4 is 15.7 Å². The number of hydrogen-bond acceptors (Lipinski definition) is 4. The molecule has 0 bridgehead atoms. The molecule has 0 fully saturated rings. The van der Waals surface area contributed by atoms with Crippen LogP contribution in [-0.2, 0) is 10.0 Å². The lowest BCUT2D eigenvalue weighted by Crippen LogP contribution is -2.36. The molecule has 1 rings (SSSR count). The van der Waals surface area contributed by atoms with Crippen LogP contribution in [0.2, 0.25) is 0 Å². The molecule has 0 spiro atoms. The minimum atomic E-state index is -3.43. The van der Waals surface area contributed by atoms with Crippen LogP contribution in [0.3, 0.4) is 0 Å². The SMILES string of the molecule is CCN(CCNC(C)C)c1ccccc1S(=O)(=O)N(C)C. The summed E-state index contributed by atoms with van der Waals surface area (Å²) >= 11 is 0. The summed E-state index contributed by atoms with van der Waals surface area (Å²) in [6.45, 7) is 8.59. The summed E-state index contributed by atoms with van der Waals surface area (Å²) in [6, 6.07) is 7.60. The van der Waals surface area contributed by atoms with Crippen molar-refractivity contribution in [2.24, 2.45) is 0 Å². The average molecular weight is 313 g/mol. The zero-order valence-corrected chi connectivity index (χ0v) is 14.4. The number of nitrogens with one attached hydrogen (secondary N) is 1. The maximum absolute atomic E-state index is 12.4. The van der Waals surface area contributed by atoms with Crippen LogP contribution in [0.15, 0.2) is 29.2 Å². The molecule has 0 radical (unpaired) electrons. The van der Waals surface area contributed by atoms with E-state index >= 15 is 0 Å². The van der Waals surface area contributed by atoms with Crippen LogP contribution in [0.4, 0.5) is 5.69 Å². The molecule has 6 heteroatoms. The summed E-state index contributed by atoms with van der Waals surface area (Å²) in [4.78, 5) is 2.45. The van der Waals surface area contributed by atoms with Crippen LogP contribution in [0.1, 0.15) is 20.8 Å². The number of anilines is 1. The molecule has 1 N–H and O–H groups in total. The standard InChI is InChI=1S/C15H27N3O2S/c1-6-18(12-11-16-13(2)3)14-9-7-8-10-15(14)21(19,20)17(4)5/h7-10,13,16H,6,11-12H2,1-5H3. The topological polar surface area (TPSA) is 52.7 Å². The van der Waals surface area contributed by atoms with Gasteiger partial charge in [0.05, 0.1) is 5.69 Å². The van der Waals surface area contributed by atoms with Crippen LogP contribution < -0.4 is 10.2 Å². The zero-order valence-electron chi connectivity index (χ0n) is 13.6. The Bertz CT molecular complexity index is 542. The fourth-order valence-corrected chi connectivity index (χ4v) is 3.18. The average Bonchev–Trinajstić information content (AvgIpc) is 2.43. The van der Waals surface area contributed by atoms with Crippen LogP contribution in [-0.4, -0.2) is 52.5 Å². The van der Waals surface area contributed by atoms with E-state index in [1.165, 1.54) is 4.31 Å². The van der Waals surface area contributed by atoms with Gasteiger partial charge in [-0.05, 0) is 19.1 Å². The number of likely N-dealkylation sites (N-methyl/N-ethyl adjacent to an activating group) is 1. The maximum Gasteiger partial charge on any atom is 0.244 e. The number of benzene rings is 1. The highest BCUT2D eigenvalue weighted by molar-refractivity contribution is 7.89. The summed E-state index contributed by atoms with van der Waals surface area (Å²) in [6.07, 6.45) is 0. The van der Waals surface area contributed by atoms with E-state index in [1.54, 1.807) is 26.2 Å². The number of hydrogen-bond donors (Lipinski definition) is 1. The second kappa shape index (κ2) is 7.77. The maximum atomic E-state index is 12.4. The molecule has 0 amide bonds. The Morgan fingerprint density at radius 2 is 1.81 bits per heavy atom. The van der Waals surface area contributed by atoms with Gasteiger partial charge in [0.15, 0.2) is 0 Å². The summed E-state index contributed by atoms with van der Waals surface area (Å²) in [5.74, 6) is 0. The molecule has 1 aromatic carbocycles. The molecule has 0 aliphatic heterocycles. The van der Waals surface area contributed by atoms with E-state index in [-0.39, 0.29) is 0 Å². The van der Waals surface area contributed by atoms with Gasteiger partial charge in [0.25, 0.3) is 0 Å². The van der Waals surface area contributed by atoms with E-state index in [9.17, 15) is 8.42 Å². The van der Waals surface area contributed by atoms with Gasteiger partial charge in [-0.1, -0.05) is 26.0 Å². The highest BCUT2D eigenvalue weighted by Gasteiger charge is 2.23. The van der Waals surface area contributed by atoms with Crippen LogP contribution in [0, 0.1) is 0 Å². The van der Waals surface area contributed by atoms with Gasteiger partial charge in [0, 0.05) is 39.8 Å². The first-order valence-electron chi connectivity index (χ1n) is 7.30. The molecule has 0 aliphatic carbocycles. The fourth-order valence-electron chi connectivity index (χ4n) is 2.07. The zero-order chi connectivity index (χ0) is 16.0. The molecule has 0 saturated heterocycles. The summed E-state index contributed by atoms with van der Waals surface area (Å²) in [5.41, 5.74) is 0.763. The summed E-state index contributed by atoms with van der Waals surface area (Å²) in [7, 11) is -0.316. The smallest absolute Gasteiger partial charge is 0.244 e. The number of nitrogens with zero attached hydrogens (tertiary/aromatic N) is 2. The number of para-hydroxylation sites is 1. The van der Waals surface area contributed by atoms with Crippen LogP contribution in [0.25, 0.3) is 0 Å². The molecule has 0 saturated carbocycles. The third kappa shape index (κ3) is 4.69. The van der Waals surface area contributed by atoms with Gasteiger partial charge < -0.3 is 10.2 Å².